The molecule has 0 aromatic heterocycles. The van der Waals surface area contributed by atoms with Crippen LogP contribution < -0.4 is 5.73 Å². The normalized spacial score (nSPS) is 20.6. The van der Waals surface area contributed by atoms with Gasteiger partial charge in [-0.15, -0.1) is 0 Å². The van der Waals surface area contributed by atoms with Crippen LogP contribution >= 0.6 is 11.8 Å². The van der Waals surface area contributed by atoms with Gasteiger partial charge in [0.1, 0.15) is 0 Å². The Morgan fingerprint density at radius 2 is 2.00 bits per heavy atom. The van der Waals surface area contributed by atoms with Gasteiger partial charge in [0.2, 0.25) is 0 Å². The molecule has 0 saturated carbocycles. The molecule has 1 heterocycles. The molecule has 0 spiro atoms. The van der Waals surface area contributed by atoms with E-state index in [0.717, 1.165) is 39.0 Å². The lowest BCUT2D eigenvalue weighted by molar-refractivity contribution is 0.117. The largest absolute Gasteiger partial charge is 0.409 e. The van der Waals surface area contributed by atoms with Crippen molar-refractivity contribution in [3.63, 3.8) is 0 Å². The molecular formula is C13H28N4OS. The van der Waals surface area contributed by atoms with E-state index in [0.29, 0.717) is 5.84 Å². The molecule has 1 fully saturated rings. The van der Waals surface area contributed by atoms with Gasteiger partial charge in [-0.25, -0.2) is 0 Å². The molecule has 6 heteroatoms. The maximum Gasteiger partial charge on any atom is 0.156 e. The van der Waals surface area contributed by atoms with Gasteiger partial charge in [0, 0.05) is 38.5 Å². The van der Waals surface area contributed by atoms with Gasteiger partial charge in [0.15, 0.2) is 5.84 Å². The molecule has 0 aliphatic carbocycles. The number of hydrogen-bond acceptors (Lipinski definition) is 5. The monoisotopic (exact) mass is 288 g/mol. The van der Waals surface area contributed by atoms with Gasteiger partial charge in [0.05, 0.1) is 6.04 Å². The number of piperazine rings is 1. The van der Waals surface area contributed by atoms with Crippen LogP contribution in [0.25, 0.3) is 0 Å². The van der Waals surface area contributed by atoms with E-state index in [4.69, 9.17) is 10.9 Å². The van der Waals surface area contributed by atoms with Gasteiger partial charge in [-0.2, -0.15) is 11.8 Å². The Hall–Kier alpha value is -0.460. The first-order valence-corrected chi connectivity index (χ1v) is 8.39. The van der Waals surface area contributed by atoms with Crippen molar-refractivity contribution in [3.8, 4) is 0 Å². The second-order valence-corrected chi connectivity index (χ2v) is 6.30. The maximum atomic E-state index is 8.88. The average Bonchev–Trinajstić information content (AvgIpc) is 2.45. The topological polar surface area (TPSA) is 65.1 Å². The van der Waals surface area contributed by atoms with Gasteiger partial charge in [-0.05, 0) is 12.2 Å². The number of nitrogens with zero attached hydrogens (tertiary/aromatic N) is 3. The summed E-state index contributed by atoms with van der Waals surface area (Å²) in [6.45, 7) is 9.71. The minimum atomic E-state index is 0.0992. The average molecular weight is 288 g/mol. The summed E-state index contributed by atoms with van der Waals surface area (Å²) >= 11 is 2.00. The molecule has 0 aromatic rings. The van der Waals surface area contributed by atoms with Crippen molar-refractivity contribution in [1.29, 1.82) is 0 Å². The van der Waals surface area contributed by atoms with Crippen LogP contribution in [-0.2, 0) is 0 Å². The van der Waals surface area contributed by atoms with Gasteiger partial charge < -0.3 is 10.9 Å². The molecule has 0 bridgehead atoms. The second-order valence-electron chi connectivity index (χ2n) is 4.90. The standard InChI is InChI=1S/C13H28N4OS/c1-3-5-12(13(14)15-18)17-8-6-16(7-9-17)10-11-19-4-2/h12,18H,3-11H2,1-2H3,(H2,14,15). The summed E-state index contributed by atoms with van der Waals surface area (Å²) in [6.07, 6.45) is 2.01. The summed E-state index contributed by atoms with van der Waals surface area (Å²) in [7, 11) is 0. The molecule has 3 N–H and O–H groups in total. The van der Waals surface area contributed by atoms with Crippen molar-refractivity contribution in [2.75, 3.05) is 44.2 Å². The predicted molar refractivity (Wildman–Crippen MR) is 83.1 cm³/mol. The molecule has 112 valence electrons. The first-order chi connectivity index (χ1) is 9.22. The van der Waals surface area contributed by atoms with E-state index < -0.39 is 0 Å². The lowest BCUT2D eigenvalue weighted by Gasteiger charge is -2.38. The molecule has 0 radical (unpaired) electrons. The van der Waals surface area contributed by atoms with Crippen LogP contribution in [0.3, 0.4) is 0 Å². The fourth-order valence-electron chi connectivity index (χ4n) is 2.49. The molecular weight excluding hydrogens is 260 g/mol. The van der Waals surface area contributed by atoms with Crippen LogP contribution in [0.1, 0.15) is 26.7 Å². The van der Waals surface area contributed by atoms with Crippen LogP contribution in [0.15, 0.2) is 5.16 Å². The Labute approximate surface area is 121 Å². The molecule has 0 amide bonds. The van der Waals surface area contributed by atoms with Gasteiger partial charge in [0.25, 0.3) is 0 Å². The van der Waals surface area contributed by atoms with Crippen molar-refractivity contribution in [2.24, 2.45) is 10.9 Å². The van der Waals surface area contributed by atoms with Gasteiger partial charge >= 0.3 is 0 Å². The van der Waals surface area contributed by atoms with E-state index >= 15 is 0 Å². The van der Waals surface area contributed by atoms with E-state index in [1.165, 1.54) is 18.1 Å². The van der Waals surface area contributed by atoms with E-state index in [9.17, 15) is 0 Å². The zero-order valence-corrected chi connectivity index (χ0v) is 13.0. The summed E-state index contributed by atoms with van der Waals surface area (Å²) in [5.74, 6) is 2.77. The number of amidine groups is 1. The number of rotatable bonds is 8. The summed E-state index contributed by atoms with van der Waals surface area (Å²) in [6, 6.07) is 0.0992. The van der Waals surface area contributed by atoms with Crippen LogP contribution in [-0.4, -0.2) is 71.1 Å². The fourth-order valence-corrected chi connectivity index (χ4v) is 3.17. The SMILES string of the molecule is CCCC(C(N)=NO)N1CCN(CCSCC)CC1. The quantitative estimate of drug-likeness (QED) is 0.231. The molecule has 5 nitrogen and oxygen atoms in total. The van der Waals surface area contributed by atoms with Crippen LogP contribution in [0.4, 0.5) is 0 Å². The first kappa shape index (κ1) is 16.6. The molecule has 1 atom stereocenters. The lowest BCUT2D eigenvalue weighted by atomic mass is 10.1. The van der Waals surface area contributed by atoms with E-state index in [1.54, 1.807) is 0 Å². The third-order valence-electron chi connectivity index (χ3n) is 3.62. The number of hydrogen-bond donors (Lipinski definition) is 2. The highest BCUT2D eigenvalue weighted by atomic mass is 32.2. The molecule has 1 aliphatic heterocycles. The molecule has 1 aliphatic rings. The van der Waals surface area contributed by atoms with Crippen molar-refractivity contribution >= 4 is 17.6 Å². The van der Waals surface area contributed by atoms with Crippen molar-refractivity contribution in [3.05, 3.63) is 0 Å². The predicted octanol–water partition coefficient (Wildman–Crippen LogP) is 1.27. The molecule has 1 saturated heterocycles. The van der Waals surface area contributed by atoms with E-state index in [2.05, 4.69) is 28.8 Å². The Morgan fingerprint density at radius 3 is 2.53 bits per heavy atom. The zero-order chi connectivity index (χ0) is 14.1. The van der Waals surface area contributed by atoms with Crippen molar-refractivity contribution < 1.29 is 5.21 Å². The third-order valence-corrected chi connectivity index (χ3v) is 4.50. The van der Waals surface area contributed by atoms with Gasteiger partial charge in [-0.3, -0.25) is 9.80 Å². The zero-order valence-electron chi connectivity index (χ0n) is 12.2. The Morgan fingerprint density at radius 1 is 1.32 bits per heavy atom. The Balaban J connectivity index is 2.38. The van der Waals surface area contributed by atoms with Crippen LogP contribution in [0.2, 0.25) is 0 Å². The number of oxime groups is 1. The summed E-state index contributed by atoms with van der Waals surface area (Å²) in [5, 5.41) is 12.1. The molecule has 1 rings (SSSR count). The molecule has 19 heavy (non-hydrogen) atoms. The fraction of sp³-hybridized carbons (Fsp3) is 0.923. The first-order valence-electron chi connectivity index (χ1n) is 7.24. The highest BCUT2D eigenvalue weighted by Crippen LogP contribution is 2.12. The minimum absolute atomic E-state index is 0.0992. The highest BCUT2D eigenvalue weighted by molar-refractivity contribution is 7.99. The van der Waals surface area contributed by atoms with Crippen molar-refractivity contribution in [1.82, 2.24) is 9.80 Å². The van der Waals surface area contributed by atoms with Gasteiger partial charge in [-0.1, -0.05) is 25.4 Å². The summed E-state index contributed by atoms with van der Waals surface area (Å²) in [4.78, 5) is 4.86. The second kappa shape index (κ2) is 9.44. The molecule has 1 unspecified atom stereocenters. The summed E-state index contributed by atoms with van der Waals surface area (Å²) in [5.41, 5.74) is 5.81. The Bertz CT molecular complexity index is 267. The van der Waals surface area contributed by atoms with Crippen molar-refractivity contribution in [2.45, 2.75) is 32.7 Å². The highest BCUT2D eigenvalue weighted by Gasteiger charge is 2.25. The van der Waals surface area contributed by atoms with Crippen LogP contribution in [0.5, 0.6) is 0 Å². The number of nitrogens with two attached hydrogens (primary N) is 1. The summed E-state index contributed by atoms with van der Waals surface area (Å²) < 4.78 is 0. The van der Waals surface area contributed by atoms with E-state index in [1.807, 2.05) is 11.8 Å². The third kappa shape index (κ3) is 5.58. The molecule has 0 aromatic carbocycles. The van der Waals surface area contributed by atoms with Crippen LogP contribution in [0, 0.1) is 0 Å². The minimum Gasteiger partial charge on any atom is -0.409 e. The lowest BCUT2D eigenvalue weighted by Crippen LogP contribution is -2.54. The number of thioether (sulfide) groups is 1. The smallest absolute Gasteiger partial charge is 0.156 e. The Kier molecular flexibility index (Phi) is 8.25. The maximum absolute atomic E-state index is 8.88. The van der Waals surface area contributed by atoms with E-state index in [-0.39, 0.29) is 6.04 Å².